The number of nitrogens with one attached hydrogen (secondary N) is 3. The van der Waals surface area contributed by atoms with Crippen LogP contribution in [-0.2, 0) is 20.0 Å². The number of carbonyl (C=O) groups is 2. The van der Waals surface area contributed by atoms with Gasteiger partial charge in [-0.3, -0.25) is 14.6 Å². The Morgan fingerprint density at radius 2 is 1.89 bits per heavy atom. The van der Waals surface area contributed by atoms with Gasteiger partial charge in [0.25, 0.3) is 11.8 Å². The van der Waals surface area contributed by atoms with Crippen molar-refractivity contribution in [2.75, 3.05) is 0 Å². The number of rotatable bonds is 6. The largest absolute Gasteiger partial charge is 0.347 e. The minimum absolute atomic E-state index is 0.0554. The highest BCUT2D eigenvalue weighted by molar-refractivity contribution is 5.97. The number of aromatic amines is 1. The van der Waals surface area contributed by atoms with Gasteiger partial charge in [0.2, 0.25) is 0 Å². The average molecular weight is 502 g/mol. The Kier molecular flexibility index (Phi) is 6.34. The summed E-state index contributed by atoms with van der Waals surface area (Å²) in [4.78, 5) is 48.0. The van der Waals surface area contributed by atoms with E-state index in [1.165, 1.54) is 23.1 Å². The summed E-state index contributed by atoms with van der Waals surface area (Å²) in [6.45, 7) is 1.85. The highest BCUT2D eigenvalue weighted by Gasteiger charge is 2.26. The fourth-order valence-electron chi connectivity index (χ4n) is 4.37. The molecule has 0 spiro atoms. The lowest BCUT2D eigenvalue weighted by molar-refractivity contribution is 0.0931. The number of aromatic nitrogens is 5. The van der Waals surface area contributed by atoms with E-state index < -0.39 is 11.8 Å². The maximum atomic E-state index is 13.5. The van der Waals surface area contributed by atoms with Crippen molar-refractivity contribution in [3.05, 3.63) is 98.7 Å². The first-order valence-corrected chi connectivity index (χ1v) is 11.7. The highest BCUT2D eigenvalue weighted by atomic mass is 19.1. The minimum atomic E-state index is -0.468. The number of hydrogen-bond acceptors (Lipinski definition) is 6. The average Bonchev–Trinajstić information content (AvgIpc) is 3.46. The standard InChI is InChI=1S/C26H24FN7O3/c1-14-9-15(3-7-19(14)27)12-28-24(35)21-11-22(30-13-29-21)25(36)31-20-8-5-16-10-17(4-6-18(16)20)23-32-26(37)34(2)33-23/h3-4,6-7,9-11,13,20H,5,8,12H2,1-2H3,(H,28,35)(H,31,36)(H,32,33,37)/t20-/m0/s1. The van der Waals surface area contributed by atoms with Crippen molar-refractivity contribution in [1.82, 2.24) is 35.4 Å². The van der Waals surface area contributed by atoms with Crippen molar-refractivity contribution < 1.29 is 14.0 Å². The van der Waals surface area contributed by atoms with Crippen LogP contribution in [0.4, 0.5) is 4.39 Å². The lowest BCUT2D eigenvalue weighted by Crippen LogP contribution is -2.29. The summed E-state index contributed by atoms with van der Waals surface area (Å²) in [5.41, 5.74) is 3.93. The van der Waals surface area contributed by atoms with E-state index in [0.717, 1.165) is 28.7 Å². The zero-order chi connectivity index (χ0) is 26.1. The molecule has 37 heavy (non-hydrogen) atoms. The van der Waals surface area contributed by atoms with Crippen LogP contribution in [0.3, 0.4) is 0 Å². The Morgan fingerprint density at radius 3 is 2.62 bits per heavy atom. The van der Waals surface area contributed by atoms with Gasteiger partial charge in [-0.2, -0.15) is 5.10 Å². The molecule has 2 aromatic carbocycles. The first kappa shape index (κ1) is 24.0. The summed E-state index contributed by atoms with van der Waals surface area (Å²) >= 11 is 0. The SMILES string of the molecule is Cc1cc(CNC(=O)c2cc(C(=O)N[C@H]3CCc4cc(-c5nn(C)c(=O)[nH]5)ccc43)ncn2)ccc1F. The van der Waals surface area contributed by atoms with E-state index >= 15 is 0 Å². The predicted molar refractivity (Wildman–Crippen MR) is 132 cm³/mol. The van der Waals surface area contributed by atoms with Crippen LogP contribution in [0.2, 0.25) is 0 Å². The van der Waals surface area contributed by atoms with Crippen molar-refractivity contribution in [1.29, 1.82) is 0 Å². The quantitative estimate of drug-likeness (QED) is 0.371. The van der Waals surface area contributed by atoms with Crippen LogP contribution in [0.15, 0.2) is 53.6 Å². The third-order valence-electron chi connectivity index (χ3n) is 6.38. The van der Waals surface area contributed by atoms with E-state index in [1.54, 1.807) is 26.1 Å². The fourth-order valence-corrected chi connectivity index (χ4v) is 4.37. The third-order valence-corrected chi connectivity index (χ3v) is 6.38. The number of hydrogen-bond donors (Lipinski definition) is 3. The predicted octanol–water partition coefficient (Wildman–Crippen LogP) is 2.36. The molecule has 3 N–H and O–H groups in total. The second kappa shape index (κ2) is 9.76. The Morgan fingerprint density at radius 1 is 1.11 bits per heavy atom. The molecule has 1 aliphatic carbocycles. The van der Waals surface area contributed by atoms with E-state index in [1.807, 2.05) is 18.2 Å². The van der Waals surface area contributed by atoms with Crippen LogP contribution in [0, 0.1) is 12.7 Å². The molecule has 5 rings (SSSR count). The Hall–Kier alpha value is -4.67. The molecule has 2 aromatic heterocycles. The van der Waals surface area contributed by atoms with Gasteiger partial charge < -0.3 is 10.6 Å². The van der Waals surface area contributed by atoms with E-state index in [4.69, 9.17) is 0 Å². The fraction of sp³-hybridized carbons (Fsp3) is 0.231. The van der Waals surface area contributed by atoms with Crippen molar-refractivity contribution in [3.8, 4) is 11.4 Å². The number of carbonyl (C=O) groups excluding carboxylic acids is 2. The number of aryl methyl sites for hydroxylation is 3. The van der Waals surface area contributed by atoms with Crippen molar-refractivity contribution in [3.63, 3.8) is 0 Å². The van der Waals surface area contributed by atoms with Crippen LogP contribution in [-0.4, -0.2) is 36.5 Å². The number of fused-ring (bicyclic) bond motifs is 1. The van der Waals surface area contributed by atoms with E-state index in [2.05, 4.69) is 30.7 Å². The monoisotopic (exact) mass is 501 g/mol. The van der Waals surface area contributed by atoms with Gasteiger partial charge in [-0.1, -0.05) is 24.3 Å². The zero-order valence-corrected chi connectivity index (χ0v) is 20.2. The Balaban J connectivity index is 1.25. The highest BCUT2D eigenvalue weighted by Crippen LogP contribution is 2.33. The molecule has 0 bridgehead atoms. The van der Waals surface area contributed by atoms with Gasteiger partial charge in [0.1, 0.15) is 23.5 Å². The van der Waals surface area contributed by atoms with Gasteiger partial charge in [-0.15, -0.1) is 0 Å². The van der Waals surface area contributed by atoms with E-state index in [0.29, 0.717) is 17.8 Å². The van der Waals surface area contributed by atoms with Crippen LogP contribution in [0.1, 0.15) is 55.7 Å². The number of halogens is 1. The van der Waals surface area contributed by atoms with Crippen LogP contribution < -0.4 is 16.3 Å². The molecule has 10 nitrogen and oxygen atoms in total. The molecule has 0 aliphatic heterocycles. The summed E-state index contributed by atoms with van der Waals surface area (Å²) in [5, 5.41) is 9.90. The normalized spacial score (nSPS) is 14.3. The van der Waals surface area contributed by atoms with Crippen molar-refractivity contribution in [2.24, 2.45) is 7.05 Å². The van der Waals surface area contributed by atoms with Gasteiger partial charge in [0.05, 0.1) is 6.04 Å². The molecule has 4 aromatic rings. The number of benzene rings is 2. The maximum absolute atomic E-state index is 13.5. The second-order valence-electron chi connectivity index (χ2n) is 8.94. The minimum Gasteiger partial charge on any atom is -0.347 e. The zero-order valence-electron chi connectivity index (χ0n) is 20.2. The van der Waals surface area contributed by atoms with Gasteiger partial charge in [-0.25, -0.2) is 23.8 Å². The van der Waals surface area contributed by atoms with E-state index in [-0.39, 0.29) is 35.5 Å². The van der Waals surface area contributed by atoms with Gasteiger partial charge in [-0.05, 0) is 54.2 Å². The lowest BCUT2D eigenvalue weighted by atomic mass is 10.0. The third kappa shape index (κ3) is 5.01. The Bertz CT molecular complexity index is 1580. The number of amides is 2. The van der Waals surface area contributed by atoms with Gasteiger partial charge >= 0.3 is 5.69 Å². The summed E-state index contributed by atoms with van der Waals surface area (Å²) in [7, 11) is 1.58. The van der Waals surface area contributed by atoms with Crippen molar-refractivity contribution in [2.45, 2.75) is 32.4 Å². The summed E-state index contributed by atoms with van der Waals surface area (Å²) < 4.78 is 14.7. The molecular formula is C26H24FN7O3. The molecule has 0 fully saturated rings. The van der Waals surface area contributed by atoms with Crippen LogP contribution in [0.5, 0.6) is 0 Å². The number of nitrogens with zero attached hydrogens (tertiary/aromatic N) is 4. The lowest BCUT2D eigenvalue weighted by Gasteiger charge is -2.14. The molecule has 1 aliphatic rings. The molecule has 0 unspecified atom stereocenters. The summed E-state index contributed by atoms with van der Waals surface area (Å²) in [6, 6.07) is 11.5. The molecule has 0 saturated heterocycles. The number of H-pyrrole nitrogens is 1. The topological polar surface area (TPSA) is 135 Å². The molecule has 11 heteroatoms. The summed E-state index contributed by atoms with van der Waals surface area (Å²) in [5.74, 6) is -0.702. The molecule has 0 radical (unpaired) electrons. The van der Waals surface area contributed by atoms with Crippen molar-refractivity contribution >= 4 is 11.8 Å². The van der Waals surface area contributed by atoms with E-state index in [9.17, 15) is 18.8 Å². The molecular weight excluding hydrogens is 477 g/mol. The molecule has 2 amide bonds. The molecule has 1 atom stereocenters. The smallest absolute Gasteiger partial charge is 0.343 e. The maximum Gasteiger partial charge on any atom is 0.343 e. The van der Waals surface area contributed by atoms with Gasteiger partial charge in [0.15, 0.2) is 5.82 Å². The first-order valence-electron chi connectivity index (χ1n) is 11.7. The van der Waals surface area contributed by atoms with Crippen LogP contribution in [0.25, 0.3) is 11.4 Å². The summed E-state index contributed by atoms with van der Waals surface area (Å²) in [6.07, 6.45) is 2.64. The molecule has 2 heterocycles. The van der Waals surface area contributed by atoms with Gasteiger partial charge in [0, 0.05) is 25.2 Å². The molecule has 0 saturated carbocycles. The molecule has 188 valence electrons. The Labute approximate surface area is 211 Å². The van der Waals surface area contributed by atoms with Crippen LogP contribution >= 0.6 is 0 Å². The first-order chi connectivity index (χ1) is 17.8. The second-order valence-corrected chi connectivity index (χ2v) is 8.94.